The molecule has 0 spiro atoms. The van der Waals surface area contributed by atoms with Crippen molar-refractivity contribution >= 4 is 15.9 Å². The predicted molar refractivity (Wildman–Crippen MR) is 83.1 cm³/mol. The van der Waals surface area contributed by atoms with Crippen LogP contribution in [-0.4, -0.2) is 9.97 Å². The maximum atomic E-state index is 9.27. The number of nitriles is 1. The Morgan fingerprint density at radius 2 is 2.00 bits per heavy atom. The average Bonchev–Trinajstić information content (AvgIpc) is 2.42. The molecule has 0 aliphatic carbocycles. The molecule has 0 aliphatic heterocycles. The van der Waals surface area contributed by atoms with Crippen molar-refractivity contribution in [1.29, 1.82) is 5.26 Å². The van der Waals surface area contributed by atoms with Gasteiger partial charge in [0.1, 0.15) is 11.7 Å². The van der Waals surface area contributed by atoms with Gasteiger partial charge in [0.05, 0.1) is 11.8 Å². The van der Waals surface area contributed by atoms with Crippen LogP contribution in [0.4, 0.5) is 0 Å². The van der Waals surface area contributed by atoms with Crippen LogP contribution in [0, 0.1) is 24.2 Å². The van der Waals surface area contributed by atoms with Crippen LogP contribution in [0.3, 0.4) is 0 Å². The Labute approximate surface area is 127 Å². The summed E-state index contributed by atoms with van der Waals surface area (Å²) < 4.78 is 1.01. The Kier molecular flexibility index (Phi) is 4.51. The third-order valence-corrected chi connectivity index (χ3v) is 3.73. The zero-order valence-electron chi connectivity index (χ0n) is 11.8. The largest absolute Gasteiger partial charge is 0.240 e. The fourth-order valence-electron chi connectivity index (χ4n) is 2.05. The normalized spacial score (nSPS) is 12.2. The first-order valence-corrected chi connectivity index (χ1v) is 7.31. The Balaban J connectivity index is 2.50. The van der Waals surface area contributed by atoms with Gasteiger partial charge in [-0.25, -0.2) is 9.97 Å². The van der Waals surface area contributed by atoms with Gasteiger partial charge in [-0.05, 0) is 36.6 Å². The summed E-state index contributed by atoms with van der Waals surface area (Å²) in [5.74, 6) is 0.514. The van der Waals surface area contributed by atoms with E-state index in [4.69, 9.17) is 0 Å². The van der Waals surface area contributed by atoms with Crippen LogP contribution >= 0.6 is 15.9 Å². The summed E-state index contributed by atoms with van der Waals surface area (Å²) in [4.78, 5) is 8.85. The lowest BCUT2D eigenvalue weighted by molar-refractivity contribution is 0.561. The highest BCUT2D eigenvalue weighted by molar-refractivity contribution is 9.10. The molecule has 20 heavy (non-hydrogen) atoms. The quantitative estimate of drug-likeness (QED) is 0.834. The van der Waals surface area contributed by atoms with E-state index in [9.17, 15) is 5.26 Å². The van der Waals surface area contributed by atoms with Crippen LogP contribution in [0.5, 0.6) is 0 Å². The molecule has 0 aliphatic rings. The molecule has 1 unspecified atom stereocenters. The Morgan fingerprint density at radius 1 is 1.25 bits per heavy atom. The Morgan fingerprint density at radius 3 is 2.65 bits per heavy atom. The molecule has 102 valence electrons. The van der Waals surface area contributed by atoms with Crippen LogP contribution in [0.15, 0.2) is 34.9 Å². The van der Waals surface area contributed by atoms with Crippen molar-refractivity contribution in [2.75, 3.05) is 0 Å². The van der Waals surface area contributed by atoms with E-state index in [1.54, 1.807) is 6.20 Å². The van der Waals surface area contributed by atoms with Gasteiger partial charge >= 0.3 is 0 Å². The number of hydrogen-bond acceptors (Lipinski definition) is 3. The molecule has 1 aromatic carbocycles. The van der Waals surface area contributed by atoms with Crippen LogP contribution in [0.25, 0.3) is 11.3 Å². The minimum absolute atomic E-state index is 0.193. The summed E-state index contributed by atoms with van der Waals surface area (Å²) in [5.41, 5.74) is 3.06. The van der Waals surface area contributed by atoms with E-state index in [1.807, 2.05) is 45.0 Å². The summed E-state index contributed by atoms with van der Waals surface area (Å²) in [6.45, 7) is 6.07. The van der Waals surface area contributed by atoms with Crippen molar-refractivity contribution in [2.24, 2.45) is 5.92 Å². The van der Waals surface area contributed by atoms with E-state index in [0.717, 1.165) is 21.3 Å². The van der Waals surface area contributed by atoms with Crippen LogP contribution in [-0.2, 0) is 0 Å². The van der Waals surface area contributed by atoms with Gasteiger partial charge in [0.15, 0.2) is 0 Å². The van der Waals surface area contributed by atoms with Crippen LogP contribution in [0.1, 0.15) is 31.2 Å². The molecule has 3 nitrogen and oxygen atoms in total. The highest BCUT2D eigenvalue weighted by atomic mass is 79.9. The smallest absolute Gasteiger partial charge is 0.146 e. The maximum Gasteiger partial charge on any atom is 0.146 e. The average molecular weight is 330 g/mol. The lowest BCUT2D eigenvalue weighted by Gasteiger charge is -2.13. The van der Waals surface area contributed by atoms with E-state index in [-0.39, 0.29) is 11.8 Å². The van der Waals surface area contributed by atoms with Crippen molar-refractivity contribution in [1.82, 2.24) is 9.97 Å². The zero-order valence-corrected chi connectivity index (χ0v) is 13.3. The number of aryl methyl sites for hydroxylation is 1. The minimum atomic E-state index is -0.276. The number of halogens is 1. The van der Waals surface area contributed by atoms with Gasteiger partial charge in [-0.2, -0.15) is 5.26 Å². The molecule has 2 aromatic rings. The van der Waals surface area contributed by atoms with E-state index >= 15 is 0 Å². The van der Waals surface area contributed by atoms with Crippen molar-refractivity contribution < 1.29 is 0 Å². The molecule has 1 atom stereocenters. The van der Waals surface area contributed by atoms with E-state index < -0.39 is 0 Å². The van der Waals surface area contributed by atoms with Gasteiger partial charge in [-0.1, -0.05) is 35.8 Å². The third-order valence-electron chi connectivity index (χ3n) is 3.23. The maximum absolute atomic E-state index is 9.27. The first kappa shape index (κ1) is 14.7. The number of nitrogens with zero attached hydrogens (tertiary/aromatic N) is 3. The summed E-state index contributed by atoms with van der Waals surface area (Å²) in [7, 11) is 0. The highest BCUT2D eigenvalue weighted by Gasteiger charge is 2.18. The Bertz CT molecular complexity index is 659. The summed E-state index contributed by atoms with van der Waals surface area (Å²) in [5, 5.41) is 9.27. The second-order valence-electron chi connectivity index (χ2n) is 5.11. The number of rotatable bonds is 3. The first-order chi connectivity index (χ1) is 9.52. The monoisotopic (exact) mass is 329 g/mol. The van der Waals surface area contributed by atoms with Gasteiger partial charge in [0, 0.05) is 16.2 Å². The molecule has 4 heteroatoms. The molecule has 1 heterocycles. The molecule has 0 saturated carbocycles. The molecule has 2 rings (SSSR count). The standard InChI is InChI=1S/C16H16BrN3/c1-10(2)14(9-18)16-19-7-6-15(20-16)13-8-12(17)5-4-11(13)3/h4-8,10,14H,1-3H3. The van der Waals surface area contributed by atoms with E-state index in [1.165, 1.54) is 0 Å². The van der Waals surface area contributed by atoms with E-state index in [0.29, 0.717) is 5.82 Å². The summed E-state index contributed by atoms with van der Waals surface area (Å²) in [6, 6.07) is 10.3. The Hall–Kier alpha value is -1.73. The van der Waals surface area contributed by atoms with E-state index in [2.05, 4.69) is 32.0 Å². The van der Waals surface area contributed by atoms with Gasteiger partial charge in [0.2, 0.25) is 0 Å². The lowest BCUT2D eigenvalue weighted by atomic mass is 9.96. The second kappa shape index (κ2) is 6.15. The predicted octanol–water partition coefficient (Wildman–Crippen LogP) is 4.48. The summed E-state index contributed by atoms with van der Waals surface area (Å²) >= 11 is 3.48. The fraction of sp³-hybridized carbons (Fsp3) is 0.312. The van der Waals surface area contributed by atoms with Gasteiger partial charge in [-0.15, -0.1) is 0 Å². The molecule has 0 amide bonds. The molecular weight excluding hydrogens is 314 g/mol. The van der Waals surface area contributed by atoms with Crippen molar-refractivity contribution in [2.45, 2.75) is 26.7 Å². The molecule has 0 saturated heterocycles. The van der Waals surface area contributed by atoms with Crippen LogP contribution in [0.2, 0.25) is 0 Å². The molecule has 0 radical (unpaired) electrons. The first-order valence-electron chi connectivity index (χ1n) is 6.52. The summed E-state index contributed by atoms with van der Waals surface area (Å²) in [6.07, 6.45) is 1.73. The van der Waals surface area contributed by atoms with Gasteiger partial charge < -0.3 is 0 Å². The zero-order chi connectivity index (χ0) is 14.7. The number of aromatic nitrogens is 2. The number of hydrogen-bond donors (Lipinski definition) is 0. The highest BCUT2D eigenvalue weighted by Crippen LogP contribution is 2.27. The van der Waals surface area contributed by atoms with Gasteiger partial charge in [0.25, 0.3) is 0 Å². The molecular formula is C16H16BrN3. The SMILES string of the molecule is Cc1ccc(Br)cc1-c1ccnc(C(C#N)C(C)C)n1. The molecule has 1 aromatic heterocycles. The number of benzene rings is 1. The van der Waals surface area contributed by atoms with Crippen molar-refractivity contribution in [3.63, 3.8) is 0 Å². The van der Waals surface area contributed by atoms with Crippen molar-refractivity contribution in [3.05, 3.63) is 46.3 Å². The van der Waals surface area contributed by atoms with Crippen molar-refractivity contribution in [3.8, 4) is 17.3 Å². The van der Waals surface area contributed by atoms with Crippen LogP contribution < -0.4 is 0 Å². The molecule has 0 bridgehead atoms. The van der Waals surface area contributed by atoms with Gasteiger partial charge in [-0.3, -0.25) is 0 Å². The minimum Gasteiger partial charge on any atom is -0.240 e. The lowest BCUT2D eigenvalue weighted by Crippen LogP contribution is -2.09. The third kappa shape index (κ3) is 3.05. The second-order valence-corrected chi connectivity index (χ2v) is 6.03. The fourth-order valence-corrected chi connectivity index (χ4v) is 2.41. The topological polar surface area (TPSA) is 49.6 Å². The molecule has 0 N–H and O–H groups in total. The molecule has 0 fully saturated rings.